The first-order valence-corrected chi connectivity index (χ1v) is 10.3. The molecule has 0 saturated heterocycles. The Morgan fingerprint density at radius 3 is 2.30 bits per heavy atom. The number of rotatable bonds is 3. The molecule has 0 atom stereocenters. The number of benzene rings is 2. The van der Waals surface area contributed by atoms with Gasteiger partial charge in [-0.25, -0.2) is 0 Å². The van der Waals surface area contributed by atoms with Gasteiger partial charge >= 0.3 is 6.18 Å². The molecule has 2 heterocycles. The lowest BCUT2D eigenvalue weighted by atomic mass is 9.96. The topological polar surface area (TPSA) is 90.8 Å². The highest BCUT2D eigenvalue weighted by Crippen LogP contribution is 2.34. The number of alkyl halides is 3. The first kappa shape index (κ1) is 22.2. The molecule has 7 nitrogen and oxygen atoms in total. The summed E-state index contributed by atoms with van der Waals surface area (Å²) in [4.78, 5) is 26.5. The Bertz CT molecular complexity index is 1440. The summed E-state index contributed by atoms with van der Waals surface area (Å²) < 4.78 is 44.0. The number of fused-ring (bicyclic) bond motifs is 1. The Hall–Kier alpha value is -4.04. The van der Waals surface area contributed by atoms with Gasteiger partial charge in [-0.1, -0.05) is 53.8 Å². The number of imide groups is 1. The fourth-order valence-electron chi connectivity index (χ4n) is 3.34. The first-order valence-electron chi connectivity index (χ1n) is 9.50. The van der Waals surface area contributed by atoms with Crippen molar-refractivity contribution in [3.05, 3.63) is 76.1 Å². The van der Waals surface area contributed by atoms with E-state index in [1.54, 1.807) is 60.1 Å². The van der Waals surface area contributed by atoms with Gasteiger partial charge in [0.2, 0.25) is 4.80 Å². The number of carbonyl (C=O) groups is 2. The normalized spacial score (nSPS) is 16.8. The van der Waals surface area contributed by atoms with Crippen LogP contribution in [0, 0.1) is 11.3 Å². The second-order valence-corrected chi connectivity index (χ2v) is 8.01. The molecule has 3 aromatic rings. The van der Waals surface area contributed by atoms with Gasteiger partial charge in [0, 0.05) is 7.05 Å². The molecule has 33 heavy (non-hydrogen) atoms. The van der Waals surface area contributed by atoms with Crippen molar-refractivity contribution in [1.29, 1.82) is 5.26 Å². The number of aromatic nitrogens is 1. The molecule has 0 bridgehead atoms. The maximum atomic E-state index is 13.8. The summed E-state index contributed by atoms with van der Waals surface area (Å²) in [5.41, 5.74) is -2.71. The van der Waals surface area contributed by atoms with E-state index in [1.807, 2.05) is 6.07 Å². The molecule has 0 aliphatic carbocycles. The number of nitrogens with zero attached hydrogens (tertiary/aromatic N) is 5. The molecule has 166 valence electrons. The monoisotopic (exact) mass is 469 g/mol. The van der Waals surface area contributed by atoms with Crippen LogP contribution in [0.3, 0.4) is 0 Å². The Morgan fingerprint density at radius 1 is 1.00 bits per heavy atom. The van der Waals surface area contributed by atoms with Crippen LogP contribution in [0.4, 0.5) is 13.2 Å². The zero-order chi connectivity index (χ0) is 23.8. The number of hydrogen-bond acceptors (Lipinski definition) is 6. The molecular weight excluding hydrogens is 455 g/mol. The number of carbonyl (C=O) groups excluding carboxylic acids is 2. The zero-order valence-electron chi connectivity index (χ0n) is 17.0. The third kappa shape index (κ3) is 4.08. The molecule has 0 radical (unpaired) electrons. The standard InChI is InChI=1S/C22H14F3N5O2S/c1-29-15-9-5-6-10-16(15)33-21(29)28-27-18-17(22(23,24)25)14(11-26)19(31)30(20(18)32)12-13-7-3-2-4-8-13/h2-10H,12H2,1H3/b27-18+,28-21-. The van der Waals surface area contributed by atoms with Crippen molar-refractivity contribution in [2.45, 2.75) is 12.7 Å². The molecule has 0 saturated carbocycles. The third-order valence-corrected chi connectivity index (χ3v) is 6.03. The molecule has 2 aromatic carbocycles. The van der Waals surface area contributed by atoms with E-state index in [0.717, 1.165) is 10.2 Å². The lowest BCUT2D eigenvalue weighted by Crippen LogP contribution is -2.49. The summed E-state index contributed by atoms with van der Waals surface area (Å²) >= 11 is 1.17. The minimum Gasteiger partial charge on any atom is -0.318 e. The van der Waals surface area contributed by atoms with Crippen LogP contribution < -0.4 is 4.80 Å². The fraction of sp³-hybridized carbons (Fsp3) is 0.136. The Balaban J connectivity index is 1.90. The highest BCUT2D eigenvalue weighted by molar-refractivity contribution is 7.16. The van der Waals surface area contributed by atoms with Gasteiger partial charge in [0.1, 0.15) is 17.2 Å². The van der Waals surface area contributed by atoms with Gasteiger partial charge in [-0.3, -0.25) is 14.5 Å². The van der Waals surface area contributed by atoms with Gasteiger partial charge in [-0.05, 0) is 17.7 Å². The van der Waals surface area contributed by atoms with Crippen molar-refractivity contribution in [1.82, 2.24) is 9.47 Å². The number of nitriles is 1. The first-order chi connectivity index (χ1) is 15.7. The van der Waals surface area contributed by atoms with E-state index in [9.17, 15) is 28.0 Å². The van der Waals surface area contributed by atoms with Crippen LogP contribution in [0.5, 0.6) is 0 Å². The van der Waals surface area contributed by atoms with Crippen molar-refractivity contribution in [3.63, 3.8) is 0 Å². The largest absolute Gasteiger partial charge is 0.420 e. The number of halogens is 3. The molecule has 2 amide bonds. The molecule has 0 unspecified atom stereocenters. The van der Waals surface area contributed by atoms with Gasteiger partial charge in [0.25, 0.3) is 11.8 Å². The summed E-state index contributed by atoms with van der Waals surface area (Å²) in [5, 5.41) is 16.9. The second-order valence-electron chi connectivity index (χ2n) is 7.00. The highest BCUT2D eigenvalue weighted by Gasteiger charge is 2.50. The third-order valence-electron chi connectivity index (χ3n) is 4.92. The molecule has 1 aromatic heterocycles. The van der Waals surface area contributed by atoms with Crippen molar-refractivity contribution in [3.8, 4) is 6.07 Å². The van der Waals surface area contributed by atoms with Crippen molar-refractivity contribution in [2.24, 2.45) is 17.3 Å². The molecule has 0 N–H and O–H groups in total. The van der Waals surface area contributed by atoms with Crippen LogP contribution in [-0.2, 0) is 23.2 Å². The van der Waals surface area contributed by atoms with Gasteiger partial charge in [0.05, 0.1) is 16.8 Å². The van der Waals surface area contributed by atoms with Crippen molar-refractivity contribution in [2.75, 3.05) is 0 Å². The highest BCUT2D eigenvalue weighted by atomic mass is 32.1. The number of amides is 2. The Kier molecular flexibility index (Phi) is 5.69. The maximum Gasteiger partial charge on any atom is 0.420 e. The van der Waals surface area contributed by atoms with Crippen LogP contribution >= 0.6 is 11.3 Å². The average Bonchev–Trinajstić information content (AvgIpc) is 3.11. The quantitative estimate of drug-likeness (QED) is 0.435. The van der Waals surface area contributed by atoms with Crippen LogP contribution in [-0.4, -0.2) is 33.2 Å². The van der Waals surface area contributed by atoms with Crippen molar-refractivity contribution < 1.29 is 22.8 Å². The van der Waals surface area contributed by atoms with E-state index in [-0.39, 0.29) is 11.3 Å². The average molecular weight is 469 g/mol. The number of thiazole rings is 1. The fourth-order valence-corrected chi connectivity index (χ4v) is 4.31. The molecule has 0 spiro atoms. The lowest BCUT2D eigenvalue weighted by Gasteiger charge is -2.27. The summed E-state index contributed by atoms with van der Waals surface area (Å²) in [7, 11) is 1.66. The van der Waals surface area contributed by atoms with E-state index >= 15 is 0 Å². The molecule has 0 fully saturated rings. The van der Waals surface area contributed by atoms with Gasteiger partial charge < -0.3 is 4.57 Å². The molecular formula is C22H14F3N5O2S. The van der Waals surface area contributed by atoms with E-state index in [4.69, 9.17) is 0 Å². The predicted octanol–water partition coefficient (Wildman–Crippen LogP) is 3.45. The molecule has 1 aliphatic rings. The predicted molar refractivity (Wildman–Crippen MR) is 114 cm³/mol. The van der Waals surface area contributed by atoms with Gasteiger partial charge in [0.15, 0.2) is 5.71 Å². The molecule has 4 rings (SSSR count). The van der Waals surface area contributed by atoms with Gasteiger partial charge in [-0.15, -0.1) is 10.2 Å². The maximum absolute atomic E-state index is 13.8. The SMILES string of the molecule is Cn1/c(=N/N=C2/C(=O)N(Cc3ccccc3)C(=O)C(C#N)=C2C(F)(F)F)sc2ccccc21. The van der Waals surface area contributed by atoms with Crippen LogP contribution in [0.2, 0.25) is 0 Å². The Labute approximate surface area is 189 Å². The van der Waals surface area contributed by atoms with E-state index in [1.165, 1.54) is 17.4 Å². The zero-order valence-corrected chi connectivity index (χ0v) is 17.8. The summed E-state index contributed by atoms with van der Waals surface area (Å²) in [6, 6.07) is 16.7. The summed E-state index contributed by atoms with van der Waals surface area (Å²) in [5.74, 6) is -2.60. The second kappa shape index (κ2) is 8.48. The summed E-state index contributed by atoms with van der Waals surface area (Å²) in [6.07, 6.45) is -5.16. The Morgan fingerprint density at radius 2 is 1.67 bits per heavy atom. The van der Waals surface area contributed by atoms with Crippen molar-refractivity contribution >= 4 is 39.1 Å². The minimum absolute atomic E-state index is 0.239. The number of hydrogen-bond donors (Lipinski definition) is 0. The smallest absolute Gasteiger partial charge is 0.318 e. The van der Waals surface area contributed by atoms with E-state index in [0.29, 0.717) is 10.5 Å². The lowest BCUT2D eigenvalue weighted by molar-refractivity contribution is -0.141. The number of aryl methyl sites for hydroxylation is 1. The van der Waals surface area contributed by atoms with Crippen LogP contribution in [0.25, 0.3) is 10.2 Å². The van der Waals surface area contributed by atoms with Gasteiger partial charge in [-0.2, -0.15) is 18.4 Å². The van der Waals surface area contributed by atoms with Crippen LogP contribution in [0.1, 0.15) is 5.56 Å². The number of para-hydroxylation sites is 1. The molecule has 11 heteroatoms. The van der Waals surface area contributed by atoms with Crippen LogP contribution in [0.15, 0.2) is 75.9 Å². The molecule has 1 aliphatic heterocycles. The van der Waals surface area contributed by atoms with E-state index < -0.39 is 34.8 Å². The minimum atomic E-state index is -5.16. The summed E-state index contributed by atoms with van der Waals surface area (Å²) in [6.45, 7) is -0.315. The van der Waals surface area contributed by atoms with E-state index in [2.05, 4.69) is 10.2 Å².